The van der Waals surface area contributed by atoms with Crippen molar-refractivity contribution in [1.82, 2.24) is 0 Å². The van der Waals surface area contributed by atoms with Crippen molar-refractivity contribution in [2.45, 2.75) is 70.4 Å². The van der Waals surface area contributed by atoms with Crippen LogP contribution in [0.1, 0.15) is 71.9 Å². The van der Waals surface area contributed by atoms with Gasteiger partial charge in [-0.05, 0) is 90.3 Å². The molecule has 2 aromatic rings. The van der Waals surface area contributed by atoms with Gasteiger partial charge in [0.1, 0.15) is 0 Å². The Morgan fingerprint density at radius 2 is 1.48 bits per heavy atom. The lowest BCUT2D eigenvalue weighted by molar-refractivity contribution is -0.137. The first-order chi connectivity index (χ1) is 13.0. The third-order valence-electron chi connectivity index (χ3n) is 6.55. The second-order valence-corrected chi connectivity index (χ2v) is 8.30. The molecular formula is C24H27F3. The molecule has 0 aromatic heterocycles. The van der Waals surface area contributed by atoms with Gasteiger partial charge in [0.15, 0.2) is 0 Å². The highest BCUT2D eigenvalue weighted by molar-refractivity contribution is 5.45. The van der Waals surface area contributed by atoms with Gasteiger partial charge in [-0.15, -0.1) is 0 Å². The summed E-state index contributed by atoms with van der Waals surface area (Å²) in [6, 6.07) is 10.4. The first kappa shape index (κ1) is 18.6. The van der Waals surface area contributed by atoms with Crippen molar-refractivity contribution in [1.29, 1.82) is 0 Å². The van der Waals surface area contributed by atoms with E-state index in [1.165, 1.54) is 49.8 Å². The van der Waals surface area contributed by atoms with Crippen molar-refractivity contribution in [2.24, 2.45) is 5.92 Å². The van der Waals surface area contributed by atoms with E-state index in [9.17, 15) is 13.2 Å². The predicted molar refractivity (Wildman–Crippen MR) is 103 cm³/mol. The molecule has 0 bridgehead atoms. The first-order valence-corrected chi connectivity index (χ1v) is 10.3. The summed E-state index contributed by atoms with van der Waals surface area (Å²) in [5.74, 6) is 1.17. The molecule has 2 aromatic carbocycles. The highest BCUT2D eigenvalue weighted by Crippen LogP contribution is 2.39. The molecule has 27 heavy (non-hydrogen) atoms. The molecule has 0 N–H and O–H groups in total. The number of fused-ring (bicyclic) bond motifs is 3. The van der Waals surface area contributed by atoms with Crippen LogP contribution < -0.4 is 0 Å². The number of hydrogen-bond donors (Lipinski definition) is 0. The van der Waals surface area contributed by atoms with Crippen molar-refractivity contribution >= 4 is 0 Å². The zero-order chi connectivity index (χ0) is 19.0. The summed E-state index contributed by atoms with van der Waals surface area (Å²) in [4.78, 5) is 0. The topological polar surface area (TPSA) is 0 Å². The van der Waals surface area contributed by atoms with E-state index in [0.29, 0.717) is 5.92 Å². The van der Waals surface area contributed by atoms with Gasteiger partial charge < -0.3 is 0 Å². The van der Waals surface area contributed by atoms with Gasteiger partial charge in [0.05, 0.1) is 5.56 Å². The van der Waals surface area contributed by atoms with Gasteiger partial charge in [-0.25, -0.2) is 0 Å². The first-order valence-electron chi connectivity index (χ1n) is 10.3. The Labute approximate surface area is 159 Å². The number of rotatable bonds is 3. The number of alkyl halides is 3. The van der Waals surface area contributed by atoms with Gasteiger partial charge in [0.25, 0.3) is 0 Å². The van der Waals surface area contributed by atoms with Crippen LogP contribution in [0.4, 0.5) is 13.2 Å². The molecule has 0 saturated heterocycles. The summed E-state index contributed by atoms with van der Waals surface area (Å²) >= 11 is 0. The molecule has 0 nitrogen and oxygen atoms in total. The predicted octanol–water partition coefficient (Wildman–Crippen LogP) is 6.88. The minimum atomic E-state index is -4.26. The molecule has 2 unspecified atom stereocenters. The van der Waals surface area contributed by atoms with Gasteiger partial charge in [0, 0.05) is 0 Å². The van der Waals surface area contributed by atoms with E-state index in [1.807, 2.05) is 0 Å². The monoisotopic (exact) mass is 372 g/mol. The number of benzene rings is 2. The molecule has 0 radical (unpaired) electrons. The number of halogens is 3. The molecule has 3 heteroatoms. The SMILES string of the molecule is CCCC1CCc2c(ccc3c2CCC(c2ccc(C(F)(F)F)cc2)C3)C1. The molecule has 0 aliphatic heterocycles. The fraction of sp³-hybridized carbons (Fsp3) is 0.500. The van der Waals surface area contributed by atoms with Crippen molar-refractivity contribution in [2.75, 3.05) is 0 Å². The Kier molecular flexibility index (Phi) is 5.05. The standard InChI is InChI=1S/C24H27F3/c1-2-3-16-4-12-22-19(14-16)5-6-20-15-18(9-13-23(20)22)17-7-10-21(11-8-17)24(25,26)27/h5-8,10-11,16,18H,2-4,9,12-15H2,1H3. The van der Waals surface area contributed by atoms with Crippen molar-refractivity contribution in [3.05, 3.63) is 69.8 Å². The van der Waals surface area contributed by atoms with E-state index < -0.39 is 11.7 Å². The van der Waals surface area contributed by atoms with Gasteiger partial charge in [0.2, 0.25) is 0 Å². The van der Waals surface area contributed by atoms with Gasteiger partial charge in [-0.2, -0.15) is 13.2 Å². The lowest BCUT2D eigenvalue weighted by atomic mass is 9.73. The van der Waals surface area contributed by atoms with Crippen LogP contribution in [0.5, 0.6) is 0 Å². The zero-order valence-electron chi connectivity index (χ0n) is 15.9. The van der Waals surface area contributed by atoms with Crippen molar-refractivity contribution in [3.63, 3.8) is 0 Å². The quantitative estimate of drug-likeness (QED) is 0.551. The Hall–Kier alpha value is -1.77. The third kappa shape index (κ3) is 3.79. The van der Waals surface area contributed by atoms with E-state index in [4.69, 9.17) is 0 Å². The highest BCUT2D eigenvalue weighted by atomic mass is 19.4. The molecule has 2 aliphatic carbocycles. The van der Waals surface area contributed by atoms with Crippen LogP contribution in [-0.2, 0) is 31.9 Å². The molecule has 0 fully saturated rings. The lowest BCUT2D eigenvalue weighted by Gasteiger charge is -2.32. The molecule has 0 heterocycles. The summed E-state index contributed by atoms with van der Waals surface area (Å²) in [6.07, 6.45) is 5.10. The second kappa shape index (κ2) is 7.33. The number of hydrogen-bond acceptors (Lipinski definition) is 0. The third-order valence-corrected chi connectivity index (χ3v) is 6.55. The van der Waals surface area contributed by atoms with E-state index in [0.717, 1.165) is 30.7 Å². The normalized spacial score (nSPS) is 22.2. The summed E-state index contributed by atoms with van der Waals surface area (Å²) in [6.45, 7) is 2.27. The zero-order valence-corrected chi connectivity index (χ0v) is 15.9. The molecule has 0 spiro atoms. The summed E-state index contributed by atoms with van der Waals surface area (Å²) in [7, 11) is 0. The molecule has 0 amide bonds. The van der Waals surface area contributed by atoms with Crippen molar-refractivity contribution < 1.29 is 13.2 Å². The van der Waals surface area contributed by atoms with Crippen LogP contribution in [0.3, 0.4) is 0 Å². The van der Waals surface area contributed by atoms with Crippen LogP contribution in [0.2, 0.25) is 0 Å². The maximum Gasteiger partial charge on any atom is 0.416 e. The van der Waals surface area contributed by atoms with Gasteiger partial charge in [-0.1, -0.05) is 44.0 Å². The molecular weight excluding hydrogens is 345 g/mol. The van der Waals surface area contributed by atoms with Crippen molar-refractivity contribution in [3.8, 4) is 0 Å². The second-order valence-electron chi connectivity index (χ2n) is 8.30. The average molecular weight is 372 g/mol. The van der Waals surface area contributed by atoms with Gasteiger partial charge >= 0.3 is 6.18 Å². The largest absolute Gasteiger partial charge is 0.416 e. The smallest absolute Gasteiger partial charge is 0.166 e. The Morgan fingerprint density at radius 3 is 2.11 bits per heavy atom. The lowest BCUT2D eigenvalue weighted by Crippen LogP contribution is -2.20. The Bertz CT molecular complexity index is 802. The van der Waals surface area contributed by atoms with Gasteiger partial charge in [-0.3, -0.25) is 0 Å². The highest BCUT2D eigenvalue weighted by Gasteiger charge is 2.31. The average Bonchev–Trinajstić information content (AvgIpc) is 2.67. The fourth-order valence-corrected chi connectivity index (χ4v) is 5.13. The molecule has 2 atom stereocenters. The van der Waals surface area contributed by atoms with E-state index in [1.54, 1.807) is 28.8 Å². The summed E-state index contributed by atoms with van der Waals surface area (Å²) < 4.78 is 38.4. The minimum Gasteiger partial charge on any atom is -0.166 e. The van der Waals surface area contributed by atoms with E-state index in [-0.39, 0.29) is 0 Å². The van der Waals surface area contributed by atoms with Crippen LogP contribution >= 0.6 is 0 Å². The fourth-order valence-electron chi connectivity index (χ4n) is 5.13. The Balaban J connectivity index is 1.53. The van der Waals surface area contributed by atoms with Crippen LogP contribution in [0.15, 0.2) is 36.4 Å². The van der Waals surface area contributed by atoms with E-state index >= 15 is 0 Å². The molecule has 2 aliphatic rings. The maximum absolute atomic E-state index is 12.8. The van der Waals surface area contributed by atoms with E-state index in [2.05, 4.69) is 19.1 Å². The molecule has 0 saturated carbocycles. The summed E-state index contributed by atoms with van der Waals surface area (Å²) in [5.41, 5.74) is 6.58. The Morgan fingerprint density at radius 1 is 0.852 bits per heavy atom. The molecule has 4 rings (SSSR count). The summed E-state index contributed by atoms with van der Waals surface area (Å²) in [5, 5.41) is 0. The molecule has 144 valence electrons. The minimum absolute atomic E-state index is 0.328. The maximum atomic E-state index is 12.8. The van der Waals surface area contributed by atoms with Crippen LogP contribution in [0, 0.1) is 5.92 Å². The van der Waals surface area contributed by atoms with Crippen LogP contribution in [0.25, 0.3) is 0 Å². The van der Waals surface area contributed by atoms with Crippen LogP contribution in [-0.4, -0.2) is 0 Å².